The fourth-order valence-corrected chi connectivity index (χ4v) is 3.24. The normalized spacial score (nSPS) is 10.9. The van der Waals surface area contributed by atoms with E-state index < -0.39 is 11.1 Å². The highest BCUT2D eigenvalue weighted by molar-refractivity contribution is 5.56. The average Bonchev–Trinajstić information content (AvgIpc) is 2.76. The molecule has 0 aliphatic rings. The quantitative estimate of drug-likeness (QED) is 0.742. The highest BCUT2D eigenvalue weighted by Gasteiger charge is 2.10. The molecule has 2 heterocycles. The van der Waals surface area contributed by atoms with Gasteiger partial charge in [-0.25, -0.2) is 0 Å². The highest BCUT2D eigenvalue weighted by atomic mass is 16.1. The van der Waals surface area contributed by atoms with E-state index >= 15 is 0 Å². The first kappa shape index (κ1) is 16.8. The number of aryl methyl sites for hydroxylation is 3. The van der Waals surface area contributed by atoms with Crippen LogP contribution in [0.25, 0.3) is 18.3 Å². The van der Waals surface area contributed by atoms with E-state index in [0.717, 1.165) is 22.6 Å². The van der Waals surface area contributed by atoms with E-state index in [0.29, 0.717) is 0 Å². The van der Waals surface area contributed by atoms with Crippen LogP contribution in [0.5, 0.6) is 0 Å². The first-order valence-corrected chi connectivity index (χ1v) is 8.07. The maximum atomic E-state index is 12.1. The second-order valence-electron chi connectivity index (χ2n) is 6.45. The highest BCUT2D eigenvalue weighted by Crippen LogP contribution is 2.22. The maximum absolute atomic E-state index is 12.1. The predicted octanol–water partition coefficient (Wildman–Crippen LogP) is 1.33. The third-order valence-electron chi connectivity index (χ3n) is 4.25. The van der Waals surface area contributed by atoms with Gasteiger partial charge in [0.05, 0.1) is 0 Å². The van der Waals surface area contributed by atoms with Crippen LogP contribution < -0.4 is 21.8 Å². The molecule has 0 radical (unpaired) electrons. The van der Waals surface area contributed by atoms with Crippen LogP contribution in [-0.2, 0) is 0 Å². The summed E-state index contributed by atoms with van der Waals surface area (Å²) in [5.41, 5.74) is 5.62. The van der Waals surface area contributed by atoms with Crippen molar-refractivity contribution in [1.29, 1.82) is 0 Å². The summed E-state index contributed by atoms with van der Waals surface area (Å²) in [5.74, 6) is 0. The molecule has 0 bridgehead atoms. The van der Waals surface area contributed by atoms with Crippen LogP contribution in [0.2, 0.25) is 0 Å². The molecular weight excluding hydrogens is 314 g/mol. The molecule has 0 aliphatic heterocycles. The Balaban J connectivity index is 2.26. The molecule has 0 spiro atoms. The minimum atomic E-state index is -0.440. The van der Waals surface area contributed by atoms with Gasteiger partial charge in [0, 0.05) is 17.1 Å². The van der Waals surface area contributed by atoms with Crippen molar-refractivity contribution in [3.63, 3.8) is 0 Å². The van der Waals surface area contributed by atoms with Crippen molar-refractivity contribution < 1.29 is 0 Å². The Morgan fingerprint density at radius 3 is 2.04 bits per heavy atom. The van der Waals surface area contributed by atoms with Crippen molar-refractivity contribution in [1.82, 2.24) is 14.5 Å². The Morgan fingerprint density at radius 1 is 0.920 bits per heavy atom. The Hall–Kier alpha value is -3.08. The molecule has 5 nitrogen and oxygen atoms in total. The number of rotatable bonds is 2. The zero-order valence-electron chi connectivity index (χ0n) is 14.9. The first-order valence-electron chi connectivity index (χ1n) is 8.07. The summed E-state index contributed by atoms with van der Waals surface area (Å²) < 4.78 is 2.13. The maximum Gasteiger partial charge on any atom is 0.262 e. The molecule has 3 rings (SSSR count). The summed E-state index contributed by atoms with van der Waals surface area (Å²) in [6.07, 6.45) is 1.62. The van der Waals surface area contributed by atoms with Crippen LogP contribution >= 0.6 is 0 Å². The van der Waals surface area contributed by atoms with E-state index in [2.05, 4.69) is 53.2 Å². The van der Waals surface area contributed by atoms with Gasteiger partial charge in [-0.1, -0.05) is 12.6 Å². The molecule has 0 unspecified atom stereocenters. The molecule has 0 atom stereocenters. The van der Waals surface area contributed by atoms with E-state index in [9.17, 15) is 9.59 Å². The smallest absolute Gasteiger partial charge is 0.262 e. The first-order chi connectivity index (χ1) is 11.8. The fraction of sp³-hybridized carbons (Fsp3) is 0.200. The summed E-state index contributed by atoms with van der Waals surface area (Å²) in [5, 5.41) is 0.0769. The summed E-state index contributed by atoms with van der Waals surface area (Å²) in [7, 11) is 0. The number of hydrogen-bond acceptors (Lipinski definition) is 2. The zero-order valence-corrected chi connectivity index (χ0v) is 14.9. The molecule has 0 saturated carbocycles. The fourth-order valence-electron chi connectivity index (χ4n) is 3.24. The van der Waals surface area contributed by atoms with Crippen molar-refractivity contribution in [2.75, 3.05) is 0 Å². The van der Waals surface area contributed by atoms with Crippen LogP contribution in [0.3, 0.4) is 0 Å². The van der Waals surface area contributed by atoms with Crippen molar-refractivity contribution in [3.8, 4) is 5.69 Å². The number of aromatic nitrogens is 3. The molecule has 1 aromatic carbocycles. The average molecular weight is 335 g/mol. The SMILES string of the molecule is C=c1[nH]c(=O)c(=Cc2cc(C)n(-c3cc(C)cc(C)c3)c2C)c(=O)[nH]1. The number of nitrogens with one attached hydrogen (secondary N) is 2. The molecule has 5 heteroatoms. The van der Waals surface area contributed by atoms with Gasteiger partial charge in [0.25, 0.3) is 11.1 Å². The summed E-state index contributed by atoms with van der Waals surface area (Å²) in [6.45, 7) is 11.7. The van der Waals surface area contributed by atoms with Gasteiger partial charge in [-0.2, -0.15) is 0 Å². The van der Waals surface area contributed by atoms with Crippen molar-refractivity contribution in [2.24, 2.45) is 0 Å². The number of H-pyrrole nitrogens is 2. The van der Waals surface area contributed by atoms with Crippen molar-refractivity contribution >= 4 is 12.7 Å². The molecule has 0 aliphatic carbocycles. The van der Waals surface area contributed by atoms with E-state index in [1.165, 1.54) is 11.1 Å². The Kier molecular flexibility index (Phi) is 4.08. The number of hydrogen-bond donors (Lipinski definition) is 2. The molecule has 0 amide bonds. The molecule has 3 aromatic rings. The van der Waals surface area contributed by atoms with Crippen molar-refractivity contribution in [3.05, 3.63) is 83.7 Å². The second-order valence-corrected chi connectivity index (χ2v) is 6.45. The van der Waals surface area contributed by atoms with Crippen LogP contribution in [-0.4, -0.2) is 14.5 Å². The Labute approximate surface area is 145 Å². The lowest BCUT2D eigenvalue weighted by molar-refractivity contribution is 0.959. The Morgan fingerprint density at radius 2 is 1.48 bits per heavy atom. The van der Waals surface area contributed by atoms with Crippen LogP contribution in [0.15, 0.2) is 33.9 Å². The molecule has 25 heavy (non-hydrogen) atoms. The zero-order chi connectivity index (χ0) is 18.3. The standard InChI is InChI=1S/C20H21N3O2/c1-11-6-12(2)8-17(7-11)23-13(3)9-16(14(23)4)10-18-19(24)21-15(5)22-20(18)25/h6-10H,5H2,1-4H3,(H,21,24)(H,22,25). The molecule has 0 fully saturated rings. The summed E-state index contributed by atoms with van der Waals surface area (Å²) in [4.78, 5) is 29.2. The molecule has 0 saturated heterocycles. The van der Waals surface area contributed by atoms with Gasteiger partial charge in [0.1, 0.15) is 10.7 Å². The number of benzene rings is 1. The van der Waals surface area contributed by atoms with Gasteiger partial charge < -0.3 is 14.5 Å². The number of nitrogens with zero attached hydrogens (tertiary/aromatic N) is 1. The van der Waals surface area contributed by atoms with E-state index in [1.807, 2.05) is 19.9 Å². The van der Waals surface area contributed by atoms with Gasteiger partial charge in [-0.3, -0.25) is 9.59 Å². The van der Waals surface area contributed by atoms with Gasteiger partial charge in [-0.05, 0) is 68.7 Å². The van der Waals surface area contributed by atoms with Crippen molar-refractivity contribution in [2.45, 2.75) is 27.7 Å². The largest absolute Gasteiger partial charge is 0.318 e. The lowest BCUT2D eigenvalue weighted by Crippen LogP contribution is -2.47. The monoisotopic (exact) mass is 335 g/mol. The molecule has 2 N–H and O–H groups in total. The topological polar surface area (TPSA) is 70.7 Å². The van der Waals surface area contributed by atoms with Gasteiger partial charge >= 0.3 is 0 Å². The summed E-state index contributed by atoms with van der Waals surface area (Å²) in [6, 6.07) is 8.34. The molecule has 128 valence electrons. The minimum absolute atomic E-state index is 0.0769. The van der Waals surface area contributed by atoms with E-state index in [4.69, 9.17) is 0 Å². The molecular formula is C20H21N3O2. The van der Waals surface area contributed by atoms with Crippen LogP contribution in [0, 0.1) is 27.7 Å². The van der Waals surface area contributed by atoms with Gasteiger partial charge in [0.2, 0.25) is 0 Å². The second kappa shape index (κ2) is 6.09. The lowest BCUT2D eigenvalue weighted by Gasteiger charge is -2.11. The predicted molar refractivity (Wildman–Crippen MR) is 101 cm³/mol. The molecule has 2 aromatic heterocycles. The summed E-state index contributed by atoms with van der Waals surface area (Å²) >= 11 is 0. The minimum Gasteiger partial charge on any atom is -0.318 e. The van der Waals surface area contributed by atoms with Crippen LogP contribution in [0.4, 0.5) is 0 Å². The van der Waals surface area contributed by atoms with E-state index in [-0.39, 0.29) is 10.7 Å². The van der Waals surface area contributed by atoms with Crippen LogP contribution in [0.1, 0.15) is 28.1 Å². The Bertz CT molecular complexity index is 1140. The number of aromatic amines is 2. The third kappa shape index (κ3) is 3.13. The lowest BCUT2D eigenvalue weighted by atomic mass is 10.1. The van der Waals surface area contributed by atoms with E-state index in [1.54, 1.807) is 6.08 Å². The third-order valence-corrected chi connectivity index (χ3v) is 4.25. The van der Waals surface area contributed by atoms with Gasteiger partial charge in [-0.15, -0.1) is 0 Å². The van der Waals surface area contributed by atoms with Gasteiger partial charge in [0.15, 0.2) is 0 Å².